The Labute approximate surface area is 84.1 Å². The molecule has 1 N–H and O–H groups in total. The number of halogens is 1. The van der Waals surface area contributed by atoms with Crippen molar-refractivity contribution in [2.75, 3.05) is 7.05 Å². The lowest BCUT2D eigenvalue weighted by Crippen LogP contribution is -2.05. The second-order valence-corrected chi connectivity index (χ2v) is 4.06. The van der Waals surface area contributed by atoms with E-state index in [0.29, 0.717) is 0 Å². The maximum atomic E-state index is 6.14. The maximum Gasteiger partial charge on any atom is 0.0453 e. The van der Waals surface area contributed by atoms with E-state index in [9.17, 15) is 0 Å². The minimum Gasteiger partial charge on any atom is -0.316 e. The average Bonchev–Trinajstić information content (AvgIpc) is 2.91. The van der Waals surface area contributed by atoms with Gasteiger partial charge in [-0.1, -0.05) is 23.7 Å². The molecule has 2 rings (SSSR count). The van der Waals surface area contributed by atoms with Crippen LogP contribution in [0.3, 0.4) is 0 Å². The van der Waals surface area contributed by atoms with Crippen LogP contribution in [0.2, 0.25) is 5.02 Å². The standard InChI is InChI=1S/C11H14ClN/c1-13-7-10-5-4-9(6-11(10)12)8-2-3-8/h4-6,8,13H,2-3,7H2,1H3. The third-order valence-corrected chi connectivity index (χ3v) is 2.84. The molecule has 0 aliphatic heterocycles. The van der Waals surface area contributed by atoms with Crippen molar-refractivity contribution in [3.63, 3.8) is 0 Å². The van der Waals surface area contributed by atoms with E-state index < -0.39 is 0 Å². The van der Waals surface area contributed by atoms with Gasteiger partial charge in [-0.25, -0.2) is 0 Å². The van der Waals surface area contributed by atoms with Crippen molar-refractivity contribution in [3.05, 3.63) is 34.3 Å². The van der Waals surface area contributed by atoms with Gasteiger partial charge in [-0.05, 0) is 43.0 Å². The summed E-state index contributed by atoms with van der Waals surface area (Å²) in [4.78, 5) is 0. The molecule has 0 bridgehead atoms. The fourth-order valence-corrected chi connectivity index (χ4v) is 1.82. The molecule has 1 saturated carbocycles. The molecule has 1 nitrogen and oxygen atoms in total. The summed E-state index contributed by atoms with van der Waals surface area (Å²) >= 11 is 6.14. The molecule has 1 aliphatic rings. The summed E-state index contributed by atoms with van der Waals surface area (Å²) in [6.07, 6.45) is 2.67. The highest BCUT2D eigenvalue weighted by Crippen LogP contribution is 2.41. The predicted octanol–water partition coefficient (Wildman–Crippen LogP) is 2.94. The lowest BCUT2D eigenvalue weighted by atomic mass is 10.1. The van der Waals surface area contributed by atoms with Crippen LogP contribution in [0.4, 0.5) is 0 Å². The number of hydrogen-bond acceptors (Lipinski definition) is 1. The minimum atomic E-state index is 0.793. The molecule has 1 aliphatic carbocycles. The van der Waals surface area contributed by atoms with Crippen LogP contribution in [0.5, 0.6) is 0 Å². The van der Waals surface area contributed by atoms with Gasteiger partial charge in [-0.15, -0.1) is 0 Å². The van der Waals surface area contributed by atoms with E-state index in [2.05, 4.69) is 23.5 Å². The van der Waals surface area contributed by atoms with Crippen LogP contribution < -0.4 is 5.32 Å². The molecule has 1 aromatic carbocycles. The molecular formula is C11H14ClN. The largest absolute Gasteiger partial charge is 0.316 e. The molecule has 0 aromatic heterocycles. The molecule has 0 saturated heterocycles. The second-order valence-electron chi connectivity index (χ2n) is 3.66. The molecule has 13 heavy (non-hydrogen) atoms. The molecule has 0 unspecified atom stereocenters. The molecular weight excluding hydrogens is 182 g/mol. The van der Waals surface area contributed by atoms with Gasteiger partial charge in [-0.2, -0.15) is 0 Å². The second kappa shape index (κ2) is 3.69. The van der Waals surface area contributed by atoms with Gasteiger partial charge in [0, 0.05) is 11.6 Å². The Morgan fingerprint density at radius 1 is 1.46 bits per heavy atom. The van der Waals surface area contributed by atoms with Crippen LogP contribution >= 0.6 is 11.6 Å². The van der Waals surface area contributed by atoms with Crippen LogP contribution in [0.15, 0.2) is 18.2 Å². The summed E-state index contributed by atoms with van der Waals surface area (Å²) in [6, 6.07) is 6.45. The Hall–Kier alpha value is -0.530. The number of nitrogens with one attached hydrogen (secondary N) is 1. The molecule has 1 aromatic rings. The van der Waals surface area contributed by atoms with E-state index in [1.54, 1.807) is 0 Å². The van der Waals surface area contributed by atoms with Gasteiger partial charge in [0.15, 0.2) is 0 Å². The first-order valence-corrected chi connectivity index (χ1v) is 5.12. The summed E-state index contributed by atoms with van der Waals surface area (Å²) in [5.41, 5.74) is 2.60. The first-order chi connectivity index (χ1) is 6.31. The van der Waals surface area contributed by atoms with Crippen molar-refractivity contribution in [1.82, 2.24) is 5.32 Å². The molecule has 1 fully saturated rings. The number of benzene rings is 1. The fourth-order valence-electron chi connectivity index (χ4n) is 1.57. The molecule has 0 spiro atoms. The van der Waals surface area contributed by atoms with Crippen LogP contribution in [0.1, 0.15) is 29.9 Å². The number of hydrogen-bond donors (Lipinski definition) is 1. The maximum absolute atomic E-state index is 6.14. The lowest BCUT2D eigenvalue weighted by molar-refractivity contribution is 0.817. The summed E-state index contributed by atoms with van der Waals surface area (Å²) < 4.78 is 0. The highest BCUT2D eigenvalue weighted by Gasteiger charge is 2.23. The van der Waals surface area contributed by atoms with Gasteiger partial charge >= 0.3 is 0 Å². The van der Waals surface area contributed by atoms with Crippen LogP contribution in [0.25, 0.3) is 0 Å². The SMILES string of the molecule is CNCc1ccc(C2CC2)cc1Cl. The van der Waals surface area contributed by atoms with Crippen LogP contribution in [-0.2, 0) is 6.54 Å². The molecule has 0 heterocycles. The Bertz CT molecular complexity index is 305. The van der Waals surface area contributed by atoms with E-state index in [1.807, 2.05) is 7.05 Å². The highest BCUT2D eigenvalue weighted by atomic mass is 35.5. The third-order valence-electron chi connectivity index (χ3n) is 2.49. The van der Waals surface area contributed by atoms with Gasteiger partial charge in [0.05, 0.1) is 0 Å². The van der Waals surface area contributed by atoms with E-state index in [0.717, 1.165) is 17.5 Å². The topological polar surface area (TPSA) is 12.0 Å². The molecule has 0 amide bonds. The zero-order valence-corrected chi connectivity index (χ0v) is 8.56. The average molecular weight is 196 g/mol. The van der Waals surface area contributed by atoms with Crippen LogP contribution in [-0.4, -0.2) is 7.05 Å². The summed E-state index contributed by atoms with van der Waals surface area (Å²) in [5.74, 6) is 0.793. The summed E-state index contributed by atoms with van der Waals surface area (Å²) in [5, 5.41) is 4.01. The van der Waals surface area contributed by atoms with E-state index in [4.69, 9.17) is 11.6 Å². The van der Waals surface area contributed by atoms with Crippen molar-refractivity contribution >= 4 is 11.6 Å². The minimum absolute atomic E-state index is 0.793. The monoisotopic (exact) mass is 195 g/mol. The zero-order chi connectivity index (χ0) is 9.26. The Morgan fingerprint density at radius 3 is 2.77 bits per heavy atom. The first kappa shape index (κ1) is 9.04. The van der Waals surface area contributed by atoms with Crippen molar-refractivity contribution in [3.8, 4) is 0 Å². The van der Waals surface area contributed by atoms with Crippen LogP contribution in [0, 0.1) is 0 Å². The molecule has 70 valence electrons. The molecule has 0 radical (unpaired) electrons. The first-order valence-electron chi connectivity index (χ1n) is 4.74. The van der Waals surface area contributed by atoms with Crippen molar-refractivity contribution in [2.45, 2.75) is 25.3 Å². The van der Waals surface area contributed by atoms with Gasteiger partial charge < -0.3 is 5.32 Å². The summed E-state index contributed by atoms with van der Waals surface area (Å²) in [6.45, 7) is 0.851. The zero-order valence-electron chi connectivity index (χ0n) is 7.81. The predicted molar refractivity (Wildman–Crippen MR) is 56.2 cm³/mol. The van der Waals surface area contributed by atoms with Gasteiger partial charge in [0.25, 0.3) is 0 Å². The van der Waals surface area contributed by atoms with Gasteiger partial charge in [-0.3, -0.25) is 0 Å². The number of rotatable bonds is 3. The van der Waals surface area contributed by atoms with E-state index >= 15 is 0 Å². The van der Waals surface area contributed by atoms with Crippen molar-refractivity contribution in [2.24, 2.45) is 0 Å². The molecule has 2 heteroatoms. The van der Waals surface area contributed by atoms with Gasteiger partial charge in [0.1, 0.15) is 0 Å². The highest BCUT2D eigenvalue weighted by molar-refractivity contribution is 6.31. The Balaban J connectivity index is 2.21. The third kappa shape index (κ3) is 2.04. The fraction of sp³-hybridized carbons (Fsp3) is 0.455. The van der Waals surface area contributed by atoms with Crippen molar-refractivity contribution < 1.29 is 0 Å². The lowest BCUT2D eigenvalue weighted by Gasteiger charge is -2.05. The van der Waals surface area contributed by atoms with E-state index in [1.165, 1.54) is 24.0 Å². The quantitative estimate of drug-likeness (QED) is 0.782. The van der Waals surface area contributed by atoms with Gasteiger partial charge in [0.2, 0.25) is 0 Å². The Morgan fingerprint density at radius 2 is 2.23 bits per heavy atom. The van der Waals surface area contributed by atoms with E-state index in [-0.39, 0.29) is 0 Å². The Kier molecular flexibility index (Phi) is 2.56. The molecule has 0 atom stereocenters. The smallest absolute Gasteiger partial charge is 0.0453 e. The normalized spacial score (nSPS) is 16.2. The van der Waals surface area contributed by atoms with Crippen molar-refractivity contribution in [1.29, 1.82) is 0 Å². The summed E-state index contributed by atoms with van der Waals surface area (Å²) in [7, 11) is 1.94.